The summed E-state index contributed by atoms with van der Waals surface area (Å²) in [5.74, 6) is -0.543. The molecule has 0 unspecified atom stereocenters. The van der Waals surface area contributed by atoms with Gasteiger partial charge in [0.05, 0.1) is 11.6 Å². The van der Waals surface area contributed by atoms with Crippen LogP contribution in [0.5, 0.6) is 5.88 Å². The smallest absolute Gasteiger partial charge is 0.344 e. The number of hydrogen-bond acceptors (Lipinski definition) is 4. The van der Waals surface area contributed by atoms with Crippen LogP contribution in [0.4, 0.5) is 0 Å². The molecule has 0 fully saturated rings. The Morgan fingerprint density at radius 1 is 1.14 bits per heavy atom. The summed E-state index contributed by atoms with van der Waals surface area (Å²) in [5.41, 5.74) is 1.59. The predicted molar refractivity (Wildman–Crippen MR) is 77.6 cm³/mol. The molecule has 5 nitrogen and oxygen atoms in total. The van der Waals surface area contributed by atoms with E-state index in [0.29, 0.717) is 11.2 Å². The molecule has 104 valence electrons. The Morgan fingerprint density at radius 3 is 2.67 bits per heavy atom. The largest absolute Gasteiger partial charge is 0.404 e. The maximum absolute atomic E-state index is 12.0. The number of esters is 1. The van der Waals surface area contributed by atoms with E-state index in [0.717, 1.165) is 5.56 Å². The average Bonchev–Trinajstić information content (AvgIpc) is 2.48. The number of fused-ring (bicyclic) bond motifs is 1. The molecule has 0 bridgehead atoms. The second kappa shape index (κ2) is 5.20. The molecule has 5 heteroatoms. The number of rotatable bonds is 2. The molecule has 3 rings (SSSR count). The Kier molecular flexibility index (Phi) is 3.23. The van der Waals surface area contributed by atoms with Gasteiger partial charge in [0, 0.05) is 6.20 Å². The third-order valence-electron chi connectivity index (χ3n) is 3.03. The van der Waals surface area contributed by atoms with E-state index in [1.807, 2.05) is 19.1 Å². The summed E-state index contributed by atoms with van der Waals surface area (Å²) in [6, 6.07) is 13.3. The van der Waals surface area contributed by atoms with Crippen LogP contribution in [-0.2, 0) is 0 Å². The molecule has 3 aromatic rings. The molecule has 1 aromatic carbocycles. The summed E-state index contributed by atoms with van der Waals surface area (Å²) in [6.45, 7) is 1.93. The normalized spacial score (nSPS) is 10.5. The van der Waals surface area contributed by atoms with E-state index in [1.165, 1.54) is 10.5 Å². The fraction of sp³-hybridized carbons (Fsp3) is 0.0625. The van der Waals surface area contributed by atoms with Crippen molar-refractivity contribution in [3.05, 3.63) is 76.2 Å². The molecular weight excluding hydrogens is 268 g/mol. The van der Waals surface area contributed by atoms with E-state index in [9.17, 15) is 9.59 Å². The third-order valence-corrected chi connectivity index (χ3v) is 3.03. The zero-order valence-electron chi connectivity index (χ0n) is 11.3. The van der Waals surface area contributed by atoms with Crippen molar-refractivity contribution < 1.29 is 9.53 Å². The van der Waals surface area contributed by atoms with Crippen molar-refractivity contribution in [1.29, 1.82) is 0 Å². The summed E-state index contributed by atoms with van der Waals surface area (Å²) in [4.78, 5) is 28.0. The molecule has 0 saturated heterocycles. The van der Waals surface area contributed by atoms with Gasteiger partial charge in [-0.05, 0) is 31.2 Å². The highest BCUT2D eigenvalue weighted by atomic mass is 16.5. The van der Waals surface area contributed by atoms with Gasteiger partial charge in [-0.3, -0.25) is 9.20 Å². The van der Waals surface area contributed by atoms with Crippen molar-refractivity contribution in [2.75, 3.05) is 0 Å². The summed E-state index contributed by atoms with van der Waals surface area (Å²) in [5, 5.41) is 0. The highest BCUT2D eigenvalue weighted by molar-refractivity contribution is 5.90. The van der Waals surface area contributed by atoms with Crippen molar-refractivity contribution in [2.24, 2.45) is 0 Å². The quantitative estimate of drug-likeness (QED) is 0.675. The molecule has 0 aliphatic heterocycles. The zero-order valence-corrected chi connectivity index (χ0v) is 11.3. The Morgan fingerprint density at radius 2 is 1.90 bits per heavy atom. The lowest BCUT2D eigenvalue weighted by molar-refractivity contribution is 0.0727. The first kappa shape index (κ1) is 13.1. The van der Waals surface area contributed by atoms with Crippen molar-refractivity contribution in [2.45, 2.75) is 6.92 Å². The van der Waals surface area contributed by atoms with Gasteiger partial charge in [-0.2, -0.15) is 4.98 Å². The minimum Gasteiger partial charge on any atom is -0.404 e. The molecule has 0 aliphatic carbocycles. The maximum Gasteiger partial charge on any atom is 0.344 e. The van der Waals surface area contributed by atoms with Gasteiger partial charge in [0.15, 0.2) is 0 Å². The van der Waals surface area contributed by atoms with Crippen LogP contribution < -0.4 is 10.3 Å². The number of aromatic nitrogens is 2. The van der Waals surface area contributed by atoms with Crippen molar-refractivity contribution >= 4 is 11.6 Å². The Balaban J connectivity index is 1.93. The number of hydrogen-bond donors (Lipinski definition) is 0. The topological polar surface area (TPSA) is 60.7 Å². The number of carbonyl (C=O) groups excluding carboxylic acids is 1. The molecule has 21 heavy (non-hydrogen) atoms. The van der Waals surface area contributed by atoms with E-state index < -0.39 is 5.97 Å². The molecule has 0 aliphatic rings. The second-order valence-corrected chi connectivity index (χ2v) is 4.62. The lowest BCUT2D eigenvalue weighted by atomic mass is 10.1. The molecule has 0 atom stereocenters. The molecule has 0 saturated carbocycles. The highest BCUT2D eigenvalue weighted by Crippen LogP contribution is 2.10. The van der Waals surface area contributed by atoms with E-state index >= 15 is 0 Å². The highest BCUT2D eigenvalue weighted by Gasteiger charge is 2.10. The number of nitrogens with zero attached hydrogens (tertiary/aromatic N) is 2. The molecular formula is C16H12N2O3. The lowest BCUT2D eigenvalue weighted by Gasteiger charge is -2.05. The molecule has 0 radical (unpaired) electrons. The SMILES string of the molecule is Cc1ccc(C(=O)Oc2cc(=O)n3ccccc3n2)cc1. The summed E-state index contributed by atoms with van der Waals surface area (Å²) < 4.78 is 6.54. The maximum atomic E-state index is 12.0. The molecule has 0 amide bonds. The minimum absolute atomic E-state index is 0.00299. The average molecular weight is 280 g/mol. The minimum atomic E-state index is -0.540. The molecule has 0 spiro atoms. The van der Waals surface area contributed by atoms with Crippen LogP contribution in [0.1, 0.15) is 15.9 Å². The van der Waals surface area contributed by atoms with Gasteiger partial charge >= 0.3 is 5.97 Å². The van der Waals surface area contributed by atoms with E-state index in [4.69, 9.17) is 4.74 Å². The molecule has 2 aromatic heterocycles. The first-order chi connectivity index (χ1) is 10.1. The number of benzene rings is 1. The van der Waals surface area contributed by atoms with Crippen LogP contribution in [0.15, 0.2) is 59.5 Å². The van der Waals surface area contributed by atoms with Crippen LogP contribution >= 0.6 is 0 Å². The van der Waals surface area contributed by atoms with Crippen LogP contribution in [0.3, 0.4) is 0 Å². The van der Waals surface area contributed by atoms with Gasteiger partial charge in [-0.25, -0.2) is 4.79 Å². The van der Waals surface area contributed by atoms with Crippen LogP contribution in [0, 0.1) is 6.92 Å². The fourth-order valence-electron chi connectivity index (χ4n) is 1.93. The van der Waals surface area contributed by atoms with Gasteiger partial charge in [0.25, 0.3) is 5.56 Å². The first-order valence-corrected chi connectivity index (χ1v) is 6.41. The number of ether oxygens (including phenoxy) is 1. The van der Waals surface area contributed by atoms with Crippen LogP contribution in [0.2, 0.25) is 0 Å². The van der Waals surface area contributed by atoms with Crippen molar-refractivity contribution in [3.8, 4) is 5.88 Å². The molecule has 2 heterocycles. The van der Waals surface area contributed by atoms with Crippen molar-refractivity contribution in [1.82, 2.24) is 9.38 Å². The summed E-state index contributed by atoms with van der Waals surface area (Å²) in [6.07, 6.45) is 1.61. The van der Waals surface area contributed by atoms with Gasteiger partial charge in [-0.15, -0.1) is 0 Å². The van der Waals surface area contributed by atoms with E-state index in [2.05, 4.69) is 4.98 Å². The van der Waals surface area contributed by atoms with Gasteiger partial charge in [0.1, 0.15) is 5.65 Å². The third kappa shape index (κ3) is 2.67. The zero-order chi connectivity index (χ0) is 14.8. The van der Waals surface area contributed by atoms with Crippen molar-refractivity contribution in [3.63, 3.8) is 0 Å². The van der Waals surface area contributed by atoms with Crippen LogP contribution in [-0.4, -0.2) is 15.4 Å². The number of aryl methyl sites for hydroxylation is 1. The Labute approximate surface area is 120 Å². The first-order valence-electron chi connectivity index (χ1n) is 6.41. The summed E-state index contributed by atoms with van der Waals surface area (Å²) in [7, 11) is 0. The van der Waals surface area contributed by atoms with Gasteiger partial charge < -0.3 is 4.74 Å². The Hall–Kier alpha value is -2.95. The van der Waals surface area contributed by atoms with E-state index in [1.54, 1.807) is 36.5 Å². The lowest BCUT2D eigenvalue weighted by Crippen LogP contribution is -2.16. The predicted octanol–water partition coefficient (Wildman–Crippen LogP) is 2.22. The standard InChI is InChI=1S/C16H12N2O3/c1-11-5-7-12(8-6-11)16(20)21-14-10-15(19)18-9-3-2-4-13(18)17-14/h2-10H,1H3. The monoisotopic (exact) mass is 280 g/mol. The van der Waals surface area contributed by atoms with Crippen LogP contribution in [0.25, 0.3) is 5.65 Å². The van der Waals surface area contributed by atoms with E-state index in [-0.39, 0.29) is 11.4 Å². The number of carbonyl (C=O) groups is 1. The molecule has 0 N–H and O–H groups in total. The van der Waals surface area contributed by atoms with Gasteiger partial charge in [0.2, 0.25) is 5.88 Å². The Bertz CT molecular complexity index is 867. The second-order valence-electron chi connectivity index (χ2n) is 4.62. The summed E-state index contributed by atoms with van der Waals surface area (Å²) >= 11 is 0. The fourth-order valence-corrected chi connectivity index (χ4v) is 1.93. The number of pyridine rings is 1. The van der Waals surface area contributed by atoms with Gasteiger partial charge in [-0.1, -0.05) is 23.8 Å².